The summed E-state index contributed by atoms with van der Waals surface area (Å²) in [6.45, 7) is 4.41. The highest BCUT2D eigenvalue weighted by Crippen LogP contribution is 2.24. The van der Waals surface area contributed by atoms with Crippen molar-refractivity contribution in [3.8, 4) is 11.5 Å². The molecule has 0 fully saturated rings. The van der Waals surface area contributed by atoms with Gasteiger partial charge in [0.25, 0.3) is 5.91 Å². The second-order valence-corrected chi connectivity index (χ2v) is 7.39. The van der Waals surface area contributed by atoms with Crippen molar-refractivity contribution in [3.63, 3.8) is 0 Å². The van der Waals surface area contributed by atoms with Crippen LogP contribution in [0.15, 0.2) is 35.7 Å². The number of thiophene rings is 1. The standard InChI is InChI=1S/C20H23NO5S/c1-13(19(22)21-10-8-18-15(12-21)9-11-27-18)26-20(23)14(2)25-17-6-4-16(24-3)5-7-17/h4-7,9,11,13-14H,8,10,12H2,1-3H3. The zero-order valence-electron chi connectivity index (χ0n) is 15.6. The maximum absolute atomic E-state index is 12.6. The minimum atomic E-state index is -0.848. The third kappa shape index (κ3) is 4.60. The highest BCUT2D eigenvalue weighted by atomic mass is 32.1. The van der Waals surface area contributed by atoms with Gasteiger partial charge in [0.15, 0.2) is 12.2 Å². The average Bonchev–Trinajstić information content (AvgIpc) is 3.15. The number of amides is 1. The zero-order chi connectivity index (χ0) is 19.4. The topological polar surface area (TPSA) is 65.1 Å². The molecule has 144 valence electrons. The van der Waals surface area contributed by atoms with Gasteiger partial charge in [-0.15, -0.1) is 11.3 Å². The van der Waals surface area contributed by atoms with Gasteiger partial charge in [0.05, 0.1) is 7.11 Å². The van der Waals surface area contributed by atoms with Gasteiger partial charge < -0.3 is 19.1 Å². The Morgan fingerprint density at radius 2 is 1.78 bits per heavy atom. The summed E-state index contributed by atoms with van der Waals surface area (Å²) in [4.78, 5) is 28.0. The van der Waals surface area contributed by atoms with Gasteiger partial charge in [-0.3, -0.25) is 4.79 Å². The van der Waals surface area contributed by atoms with Crippen molar-refractivity contribution in [1.82, 2.24) is 4.90 Å². The van der Waals surface area contributed by atoms with Gasteiger partial charge in [-0.05, 0) is 61.5 Å². The summed E-state index contributed by atoms with van der Waals surface area (Å²) in [5.41, 5.74) is 1.18. The molecule has 1 aromatic carbocycles. The molecule has 7 heteroatoms. The van der Waals surface area contributed by atoms with Crippen LogP contribution in [0.4, 0.5) is 0 Å². The molecule has 0 N–H and O–H groups in total. The van der Waals surface area contributed by atoms with Crippen molar-refractivity contribution < 1.29 is 23.8 Å². The van der Waals surface area contributed by atoms with Crippen LogP contribution in [0, 0.1) is 0 Å². The fourth-order valence-electron chi connectivity index (χ4n) is 2.92. The van der Waals surface area contributed by atoms with Gasteiger partial charge >= 0.3 is 5.97 Å². The summed E-state index contributed by atoms with van der Waals surface area (Å²) in [5.74, 6) is 0.476. The van der Waals surface area contributed by atoms with Gasteiger partial charge in [0.2, 0.25) is 0 Å². The molecular formula is C20H23NO5S. The Labute approximate surface area is 162 Å². The first-order valence-electron chi connectivity index (χ1n) is 8.83. The van der Waals surface area contributed by atoms with Crippen LogP contribution in [0.1, 0.15) is 24.3 Å². The molecule has 1 amide bonds. The molecule has 2 aromatic rings. The second kappa shape index (κ2) is 8.43. The molecule has 27 heavy (non-hydrogen) atoms. The fourth-order valence-corrected chi connectivity index (χ4v) is 3.81. The number of nitrogens with zero attached hydrogens (tertiary/aromatic N) is 1. The summed E-state index contributed by atoms with van der Waals surface area (Å²) in [7, 11) is 1.58. The van der Waals surface area contributed by atoms with Gasteiger partial charge in [-0.25, -0.2) is 4.79 Å². The molecule has 1 aliphatic heterocycles. The molecule has 0 spiro atoms. The predicted octanol–water partition coefficient (Wildman–Crippen LogP) is 3.04. The van der Waals surface area contributed by atoms with Crippen molar-refractivity contribution in [2.45, 2.75) is 39.0 Å². The highest BCUT2D eigenvalue weighted by molar-refractivity contribution is 7.10. The van der Waals surface area contributed by atoms with Crippen molar-refractivity contribution in [2.24, 2.45) is 0 Å². The molecule has 0 saturated carbocycles. The Bertz CT molecular complexity index is 801. The monoisotopic (exact) mass is 389 g/mol. The summed E-state index contributed by atoms with van der Waals surface area (Å²) in [6.07, 6.45) is -0.825. The van der Waals surface area contributed by atoms with Crippen LogP contribution >= 0.6 is 11.3 Å². The largest absolute Gasteiger partial charge is 0.497 e. The molecule has 6 nitrogen and oxygen atoms in total. The van der Waals surface area contributed by atoms with E-state index in [4.69, 9.17) is 14.2 Å². The average molecular weight is 389 g/mol. The van der Waals surface area contributed by atoms with Crippen LogP contribution in [-0.4, -0.2) is 42.6 Å². The van der Waals surface area contributed by atoms with Crippen LogP contribution < -0.4 is 9.47 Å². The van der Waals surface area contributed by atoms with Crippen molar-refractivity contribution in [2.75, 3.05) is 13.7 Å². The van der Waals surface area contributed by atoms with Crippen molar-refractivity contribution >= 4 is 23.2 Å². The smallest absolute Gasteiger partial charge is 0.347 e. The van der Waals surface area contributed by atoms with E-state index in [1.165, 1.54) is 10.4 Å². The third-order valence-corrected chi connectivity index (χ3v) is 5.49. The number of hydrogen-bond donors (Lipinski definition) is 0. The predicted molar refractivity (Wildman–Crippen MR) is 102 cm³/mol. The maximum Gasteiger partial charge on any atom is 0.347 e. The van der Waals surface area contributed by atoms with E-state index in [0.717, 1.165) is 6.42 Å². The highest BCUT2D eigenvalue weighted by Gasteiger charge is 2.29. The van der Waals surface area contributed by atoms with Gasteiger partial charge in [-0.1, -0.05) is 0 Å². The molecule has 0 radical (unpaired) electrons. The number of carbonyl (C=O) groups is 2. The zero-order valence-corrected chi connectivity index (χ0v) is 16.5. The second-order valence-electron chi connectivity index (χ2n) is 6.39. The first kappa shape index (κ1) is 19.2. The van der Waals surface area contributed by atoms with Crippen LogP contribution in [-0.2, 0) is 27.3 Å². The van der Waals surface area contributed by atoms with E-state index < -0.39 is 18.2 Å². The summed E-state index contributed by atoms with van der Waals surface area (Å²) < 4.78 is 16.0. The lowest BCUT2D eigenvalue weighted by Crippen LogP contribution is -2.43. The Balaban J connectivity index is 1.52. The van der Waals surface area contributed by atoms with Crippen molar-refractivity contribution in [1.29, 1.82) is 0 Å². The summed E-state index contributed by atoms with van der Waals surface area (Å²) in [5, 5.41) is 2.04. The lowest BCUT2D eigenvalue weighted by atomic mass is 10.1. The molecular weight excluding hydrogens is 366 g/mol. The van der Waals surface area contributed by atoms with E-state index in [0.29, 0.717) is 24.6 Å². The lowest BCUT2D eigenvalue weighted by Gasteiger charge is -2.29. The Morgan fingerprint density at radius 3 is 2.48 bits per heavy atom. The van der Waals surface area contributed by atoms with E-state index >= 15 is 0 Å². The fraction of sp³-hybridized carbons (Fsp3) is 0.400. The number of methoxy groups -OCH3 is 1. The first-order chi connectivity index (χ1) is 13.0. The number of fused-ring (bicyclic) bond motifs is 1. The minimum absolute atomic E-state index is 0.183. The number of rotatable bonds is 6. The summed E-state index contributed by atoms with van der Waals surface area (Å²) in [6, 6.07) is 8.96. The van der Waals surface area contributed by atoms with Gasteiger partial charge in [-0.2, -0.15) is 0 Å². The van der Waals surface area contributed by atoms with Gasteiger partial charge in [0, 0.05) is 18.0 Å². The molecule has 1 aliphatic rings. The first-order valence-corrected chi connectivity index (χ1v) is 9.71. The number of benzene rings is 1. The molecule has 2 heterocycles. The van der Waals surface area contributed by atoms with Crippen LogP contribution in [0.3, 0.4) is 0 Å². The molecule has 1 aromatic heterocycles. The third-order valence-electron chi connectivity index (χ3n) is 4.46. The maximum atomic E-state index is 12.6. The van der Waals surface area contributed by atoms with E-state index in [2.05, 4.69) is 0 Å². The van der Waals surface area contributed by atoms with E-state index in [-0.39, 0.29) is 5.91 Å². The van der Waals surface area contributed by atoms with Crippen molar-refractivity contribution in [3.05, 3.63) is 46.2 Å². The van der Waals surface area contributed by atoms with Gasteiger partial charge in [0.1, 0.15) is 11.5 Å². The minimum Gasteiger partial charge on any atom is -0.497 e. The Hall–Kier alpha value is -2.54. The Kier molecular flexibility index (Phi) is 6.01. The van der Waals surface area contributed by atoms with Crippen LogP contribution in [0.2, 0.25) is 0 Å². The Morgan fingerprint density at radius 1 is 1.07 bits per heavy atom. The molecule has 2 unspecified atom stereocenters. The molecule has 0 bridgehead atoms. The summed E-state index contributed by atoms with van der Waals surface area (Å²) >= 11 is 1.72. The number of esters is 1. The van der Waals surface area contributed by atoms with E-state index in [1.54, 1.807) is 61.5 Å². The number of hydrogen-bond acceptors (Lipinski definition) is 6. The normalized spacial score (nSPS) is 15.4. The quantitative estimate of drug-likeness (QED) is 0.711. The molecule has 3 rings (SSSR count). The molecule has 0 aliphatic carbocycles. The van der Waals surface area contributed by atoms with E-state index in [1.807, 2.05) is 11.4 Å². The van der Waals surface area contributed by atoms with E-state index in [9.17, 15) is 9.59 Å². The lowest BCUT2D eigenvalue weighted by molar-refractivity contribution is -0.164. The van der Waals surface area contributed by atoms with Crippen LogP contribution in [0.5, 0.6) is 11.5 Å². The number of ether oxygens (including phenoxy) is 3. The number of carbonyl (C=O) groups excluding carboxylic acids is 2. The molecule has 2 atom stereocenters. The molecule has 0 saturated heterocycles. The van der Waals surface area contributed by atoms with Crippen LogP contribution in [0.25, 0.3) is 0 Å². The SMILES string of the molecule is COc1ccc(OC(C)C(=O)OC(C)C(=O)N2CCc3sccc3C2)cc1.